The van der Waals surface area contributed by atoms with E-state index in [9.17, 15) is 14.4 Å². The van der Waals surface area contributed by atoms with Crippen LogP contribution in [0.15, 0.2) is 60.8 Å². The Morgan fingerprint density at radius 1 is 0.256 bits per heavy atom. The topological polar surface area (TPSA) is 78.9 Å². The summed E-state index contributed by atoms with van der Waals surface area (Å²) in [6, 6.07) is 0. The van der Waals surface area contributed by atoms with Crippen LogP contribution in [0.4, 0.5) is 0 Å². The quantitative estimate of drug-likeness (QED) is 0.0261. The minimum absolute atomic E-state index is 0.0778. The molecule has 0 aliphatic rings. The fourth-order valence-corrected chi connectivity index (χ4v) is 10.0. The van der Waals surface area contributed by atoms with Gasteiger partial charge in [0.1, 0.15) is 13.2 Å². The van der Waals surface area contributed by atoms with E-state index in [0.29, 0.717) is 19.3 Å². The van der Waals surface area contributed by atoms with E-state index in [1.54, 1.807) is 0 Å². The number of unbranched alkanes of at least 4 members (excludes halogenated alkanes) is 42. The number of carbonyl (C=O) groups excluding carboxylic acids is 3. The molecule has 0 aliphatic carbocycles. The van der Waals surface area contributed by atoms with Crippen molar-refractivity contribution in [2.75, 3.05) is 13.2 Å². The Morgan fingerprint density at radius 3 is 0.731 bits per heavy atom. The van der Waals surface area contributed by atoms with Crippen molar-refractivity contribution in [1.29, 1.82) is 0 Å². The second-order valence-electron chi connectivity index (χ2n) is 23.1. The molecule has 6 nitrogen and oxygen atoms in total. The summed E-state index contributed by atoms with van der Waals surface area (Å²) >= 11 is 0. The van der Waals surface area contributed by atoms with Crippen molar-refractivity contribution >= 4 is 17.9 Å². The van der Waals surface area contributed by atoms with Gasteiger partial charge in [0.15, 0.2) is 6.10 Å². The first-order valence-corrected chi connectivity index (χ1v) is 34.3. The van der Waals surface area contributed by atoms with Crippen molar-refractivity contribution in [3.63, 3.8) is 0 Å². The minimum atomic E-state index is -0.782. The normalized spacial score (nSPS) is 12.4. The Morgan fingerprint density at radius 2 is 0.462 bits per heavy atom. The maximum absolute atomic E-state index is 13.0. The van der Waals surface area contributed by atoms with Crippen molar-refractivity contribution in [1.82, 2.24) is 0 Å². The first-order valence-electron chi connectivity index (χ1n) is 34.3. The number of hydrogen-bond donors (Lipinski definition) is 0. The highest BCUT2D eigenvalue weighted by Crippen LogP contribution is 2.17. The molecule has 0 saturated heterocycles. The van der Waals surface area contributed by atoms with Crippen molar-refractivity contribution in [3.05, 3.63) is 60.8 Å². The zero-order valence-corrected chi connectivity index (χ0v) is 52.2. The highest BCUT2D eigenvalue weighted by atomic mass is 16.6. The van der Waals surface area contributed by atoms with Gasteiger partial charge < -0.3 is 14.2 Å². The number of esters is 3. The highest BCUT2D eigenvalue weighted by Gasteiger charge is 2.19. The van der Waals surface area contributed by atoms with Gasteiger partial charge in [0.25, 0.3) is 0 Å². The molecular weight excluding hydrogens is 961 g/mol. The van der Waals surface area contributed by atoms with Gasteiger partial charge in [-0.2, -0.15) is 0 Å². The fourth-order valence-electron chi connectivity index (χ4n) is 10.0. The first kappa shape index (κ1) is 75.1. The van der Waals surface area contributed by atoms with E-state index < -0.39 is 6.10 Å². The molecule has 78 heavy (non-hydrogen) atoms. The van der Waals surface area contributed by atoms with Crippen LogP contribution in [0.1, 0.15) is 361 Å². The van der Waals surface area contributed by atoms with Gasteiger partial charge in [0, 0.05) is 19.3 Å². The molecule has 1 unspecified atom stereocenters. The Bertz CT molecular complexity index is 1390. The molecule has 0 heterocycles. The molecular formula is C72H130O6. The van der Waals surface area contributed by atoms with Gasteiger partial charge in [-0.3, -0.25) is 14.4 Å². The third kappa shape index (κ3) is 63.9. The molecule has 0 amide bonds. The molecule has 0 saturated carbocycles. The van der Waals surface area contributed by atoms with Gasteiger partial charge in [0.2, 0.25) is 0 Å². The van der Waals surface area contributed by atoms with Crippen molar-refractivity contribution in [2.45, 2.75) is 367 Å². The fraction of sp³-hybridized carbons (Fsp3) is 0.819. The summed E-state index contributed by atoms with van der Waals surface area (Å²) in [6.07, 6.45) is 85.1. The number of allylic oxidation sites excluding steroid dienone is 10. The third-order valence-corrected chi connectivity index (χ3v) is 15.2. The van der Waals surface area contributed by atoms with Crippen LogP contribution in [0.25, 0.3) is 0 Å². The maximum atomic E-state index is 13.0. The highest BCUT2D eigenvalue weighted by molar-refractivity contribution is 5.71. The lowest BCUT2D eigenvalue weighted by Crippen LogP contribution is -2.30. The molecule has 0 N–H and O–H groups in total. The molecule has 6 heteroatoms. The summed E-state index contributed by atoms with van der Waals surface area (Å²) in [6.45, 7) is 6.66. The van der Waals surface area contributed by atoms with Crippen LogP contribution >= 0.6 is 0 Å². The SMILES string of the molecule is CCCCCC/C=C\C/C=C\CCCCCCCCCC(=O)OCC(COC(=O)CCCCCCCCCCC/C=C\C/C=C\CCCCCCC)OC(=O)CCCCCCCCCCC/C=C\CCCCCCCCCC. The molecule has 454 valence electrons. The van der Waals surface area contributed by atoms with Crippen LogP contribution in [-0.4, -0.2) is 37.2 Å². The van der Waals surface area contributed by atoms with E-state index >= 15 is 0 Å². The monoisotopic (exact) mass is 1090 g/mol. The second-order valence-corrected chi connectivity index (χ2v) is 23.1. The van der Waals surface area contributed by atoms with E-state index in [2.05, 4.69) is 81.5 Å². The lowest BCUT2D eigenvalue weighted by atomic mass is 10.1. The predicted molar refractivity (Wildman–Crippen MR) is 339 cm³/mol. The van der Waals surface area contributed by atoms with Crippen molar-refractivity contribution in [3.8, 4) is 0 Å². The van der Waals surface area contributed by atoms with E-state index in [-0.39, 0.29) is 31.1 Å². The van der Waals surface area contributed by atoms with Gasteiger partial charge in [-0.05, 0) is 109 Å². The summed E-state index contributed by atoms with van der Waals surface area (Å²) in [5.74, 6) is -0.870. The number of rotatable bonds is 63. The average Bonchev–Trinajstić information content (AvgIpc) is 3.44. The molecule has 0 aliphatic heterocycles. The molecule has 0 bridgehead atoms. The van der Waals surface area contributed by atoms with E-state index in [0.717, 1.165) is 77.0 Å². The minimum Gasteiger partial charge on any atom is -0.462 e. The molecule has 0 rings (SSSR count). The number of carbonyl (C=O) groups is 3. The Balaban J connectivity index is 4.37. The van der Waals surface area contributed by atoms with Gasteiger partial charge in [-0.15, -0.1) is 0 Å². The molecule has 0 aromatic carbocycles. The molecule has 0 radical (unpaired) electrons. The zero-order valence-electron chi connectivity index (χ0n) is 52.2. The standard InChI is InChI=1S/C72H130O6/c1-4-7-10-13-16-19-22-25-28-31-34-36-38-41-44-47-50-53-56-59-62-65-71(74)77-68-69(67-76-70(73)64-61-58-55-52-49-46-43-40-33-30-27-24-21-18-15-12-9-6-3)78-72(75)66-63-60-57-54-51-48-45-42-39-37-35-32-29-26-23-20-17-14-11-8-5-2/h21-22,24-25,30-35,69H,4-20,23,26-29,36-68H2,1-3H3/b24-21-,25-22-,33-30-,34-31-,35-32-. The summed E-state index contributed by atoms with van der Waals surface area (Å²) in [5.41, 5.74) is 0. The molecule has 0 fully saturated rings. The van der Waals surface area contributed by atoms with E-state index in [1.165, 1.54) is 244 Å². The second kappa shape index (κ2) is 66.6. The largest absolute Gasteiger partial charge is 0.462 e. The average molecular weight is 1090 g/mol. The van der Waals surface area contributed by atoms with Crippen LogP contribution in [0.3, 0.4) is 0 Å². The lowest BCUT2D eigenvalue weighted by molar-refractivity contribution is -0.167. The lowest BCUT2D eigenvalue weighted by Gasteiger charge is -2.18. The summed E-state index contributed by atoms with van der Waals surface area (Å²) in [7, 11) is 0. The van der Waals surface area contributed by atoms with Gasteiger partial charge >= 0.3 is 17.9 Å². The van der Waals surface area contributed by atoms with Gasteiger partial charge in [0.05, 0.1) is 0 Å². The summed E-state index contributed by atoms with van der Waals surface area (Å²) in [4.78, 5) is 38.4. The molecule has 0 spiro atoms. The summed E-state index contributed by atoms with van der Waals surface area (Å²) in [5, 5.41) is 0. The Labute approximate surface area is 485 Å². The van der Waals surface area contributed by atoms with Crippen molar-refractivity contribution < 1.29 is 28.6 Å². The van der Waals surface area contributed by atoms with Crippen LogP contribution < -0.4 is 0 Å². The first-order chi connectivity index (χ1) is 38.5. The van der Waals surface area contributed by atoms with Crippen LogP contribution in [-0.2, 0) is 28.6 Å². The molecule has 0 aromatic heterocycles. The number of ether oxygens (including phenoxy) is 3. The van der Waals surface area contributed by atoms with E-state index in [4.69, 9.17) is 14.2 Å². The van der Waals surface area contributed by atoms with E-state index in [1.807, 2.05) is 0 Å². The zero-order chi connectivity index (χ0) is 56.4. The predicted octanol–water partition coefficient (Wildman–Crippen LogP) is 23.5. The molecule has 1 atom stereocenters. The van der Waals surface area contributed by atoms with Gasteiger partial charge in [-0.1, -0.05) is 293 Å². The third-order valence-electron chi connectivity index (χ3n) is 15.2. The molecule has 0 aromatic rings. The smallest absolute Gasteiger partial charge is 0.306 e. The van der Waals surface area contributed by atoms with Gasteiger partial charge in [-0.25, -0.2) is 0 Å². The summed E-state index contributed by atoms with van der Waals surface area (Å²) < 4.78 is 17.0. The maximum Gasteiger partial charge on any atom is 0.306 e. The van der Waals surface area contributed by atoms with Crippen molar-refractivity contribution in [2.24, 2.45) is 0 Å². The number of hydrogen-bond acceptors (Lipinski definition) is 6. The Kier molecular flexibility index (Phi) is 64.2. The Hall–Kier alpha value is -2.89. The van der Waals surface area contributed by atoms with Crippen LogP contribution in [0.5, 0.6) is 0 Å². The van der Waals surface area contributed by atoms with Crippen LogP contribution in [0.2, 0.25) is 0 Å². The van der Waals surface area contributed by atoms with Crippen LogP contribution in [0, 0.1) is 0 Å².